The van der Waals surface area contributed by atoms with Gasteiger partial charge in [-0.25, -0.2) is 4.99 Å². The van der Waals surface area contributed by atoms with Gasteiger partial charge in [0.1, 0.15) is 10.8 Å². The fourth-order valence-corrected chi connectivity index (χ4v) is 4.74. The Morgan fingerprint density at radius 1 is 1.31 bits per heavy atom. The number of ether oxygens (including phenoxy) is 1. The summed E-state index contributed by atoms with van der Waals surface area (Å²) in [5.41, 5.74) is 9.28. The van der Waals surface area contributed by atoms with Crippen molar-refractivity contribution in [3.8, 4) is 0 Å². The number of thiophene rings is 1. The fourth-order valence-electron chi connectivity index (χ4n) is 3.82. The minimum Gasteiger partial charge on any atom is -0.469 e. The molecular weight excluding hydrogens is 386 g/mol. The van der Waals surface area contributed by atoms with E-state index in [1.165, 1.54) is 17.6 Å². The minimum atomic E-state index is -0.254. The SMILES string of the molecule is COC(=O)CC(N)CN1CCN(C2=Nc3ccccc3Nc3sc(C)cc32)CC1. The highest BCUT2D eigenvalue weighted by atomic mass is 32.1. The van der Waals surface area contributed by atoms with Crippen LogP contribution in [0.15, 0.2) is 35.3 Å². The number of nitrogens with one attached hydrogen (secondary N) is 1. The number of amidine groups is 1. The van der Waals surface area contributed by atoms with E-state index in [4.69, 9.17) is 15.5 Å². The lowest BCUT2D eigenvalue weighted by Gasteiger charge is -2.37. The second kappa shape index (κ2) is 8.52. The number of para-hydroxylation sites is 2. The van der Waals surface area contributed by atoms with Gasteiger partial charge in [-0.05, 0) is 25.1 Å². The van der Waals surface area contributed by atoms with Gasteiger partial charge in [0.15, 0.2) is 0 Å². The van der Waals surface area contributed by atoms with Crippen LogP contribution in [-0.4, -0.2) is 67.5 Å². The second-order valence-corrected chi connectivity index (χ2v) is 8.76. The van der Waals surface area contributed by atoms with Crippen LogP contribution in [0.1, 0.15) is 16.9 Å². The van der Waals surface area contributed by atoms with E-state index in [9.17, 15) is 4.79 Å². The summed E-state index contributed by atoms with van der Waals surface area (Å²) in [4.78, 5) is 22.4. The third-order valence-corrected chi connectivity index (χ3v) is 6.26. The minimum absolute atomic E-state index is 0.202. The first-order chi connectivity index (χ1) is 14.0. The molecule has 1 unspecified atom stereocenters. The quantitative estimate of drug-likeness (QED) is 0.750. The van der Waals surface area contributed by atoms with Crippen LogP contribution in [0, 0.1) is 6.92 Å². The van der Waals surface area contributed by atoms with E-state index in [1.807, 2.05) is 18.2 Å². The monoisotopic (exact) mass is 413 g/mol. The first-order valence-corrected chi connectivity index (χ1v) is 10.7. The molecule has 7 nitrogen and oxygen atoms in total. The number of anilines is 2. The predicted molar refractivity (Wildman–Crippen MR) is 118 cm³/mol. The summed E-state index contributed by atoms with van der Waals surface area (Å²) >= 11 is 1.76. The number of piperazine rings is 1. The number of nitrogens with zero attached hydrogens (tertiary/aromatic N) is 3. The number of nitrogens with two attached hydrogens (primary N) is 1. The highest BCUT2D eigenvalue weighted by Gasteiger charge is 2.27. The van der Waals surface area contributed by atoms with Gasteiger partial charge < -0.3 is 20.7 Å². The number of hydrogen-bond acceptors (Lipinski definition) is 8. The van der Waals surface area contributed by atoms with Gasteiger partial charge in [-0.3, -0.25) is 9.69 Å². The normalized spacial score (nSPS) is 17.5. The summed E-state index contributed by atoms with van der Waals surface area (Å²) in [6, 6.07) is 10.2. The number of hydrogen-bond donors (Lipinski definition) is 2. The molecule has 0 aliphatic carbocycles. The summed E-state index contributed by atoms with van der Waals surface area (Å²) in [7, 11) is 1.40. The molecule has 3 heterocycles. The van der Waals surface area contributed by atoms with E-state index in [0.29, 0.717) is 6.54 Å². The molecule has 0 bridgehead atoms. The molecule has 0 amide bonds. The summed E-state index contributed by atoms with van der Waals surface area (Å²) in [6.45, 7) is 6.36. The molecule has 0 radical (unpaired) electrons. The molecule has 1 aromatic carbocycles. The molecule has 2 aliphatic heterocycles. The predicted octanol–water partition coefficient (Wildman–Crippen LogP) is 2.70. The first kappa shape index (κ1) is 19.9. The lowest BCUT2D eigenvalue weighted by Crippen LogP contribution is -2.51. The maximum absolute atomic E-state index is 11.4. The molecule has 1 saturated heterocycles. The van der Waals surface area contributed by atoms with E-state index >= 15 is 0 Å². The maximum Gasteiger partial charge on any atom is 0.307 e. The highest BCUT2D eigenvalue weighted by Crippen LogP contribution is 2.39. The van der Waals surface area contributed by atoms with E-state index in [-0.39, 0.29) is 18.4 Å². The molecule has 0 saturated carbocycles. The second-order valence-electron chi connectivity index (χ2n) is 7.51. The number of carbonyl (C=O) groups excluding carboxylic acids is 1. The standard InChI is InChI=1S/C21H27N5O2S/c1-14-11-16-20(23-17-5-3-4-6-18(17)24-21(16)29-14)26-9-7-25(8-10-26)13-15(22)12-19(27)28-2/h3-6,11,15,24H,7-10,12-13,22H2,1-2H3. The van der Waals surface area contributed by atoms with Crippen LogP contribution < -0.4 is 11.1 Å². The summed E-state index contributed by atoms with van der Waals surface area (Å²) < 4.78 is 4.72. The van der Waals surface area contributed by atoms with Gasteiger partial charge in [-0.2, -0.15) is 0 Å². The van der Waals surface area contributed by atoms with Gasteiger partial charge in [0.2, 0.25) is 0 Å². The van der Waals surface area contributed by atoms with Crippen molar-refractivity contribution >= 4 is 39.5 Å². The molecule has 2 aliphatic rings. The molecule has 0 spiro atoms. The molecular formula is C21H27N5O2S. The summed E-state index contributed by atoms with van der Waals surface area (Å²) in [5, 5.41) is 4.70. The Labute approximate surface area is 175 Å². The average Bonchev–Trinajstić information content (AvgIpc) is 3.00. The zero-order valence-electron chi connectivity index (χ0n) is 16.9. The van der Waals surface area contributed by atoms with Crippen molar-refractivity contribution < 1.29 is 9.53 Å². The maximum atomic E-state index is 11.4. The molecule has 8 heteroatoms. The van der Waals surface area contributed by atoms with Gasteiger partial charge in [-0.1, -0.05) is 12.1 Å². The third kappa shape index (κ3) is 4.44. The number of benzene rings is 1. The van der Waals surface area contributed by atoms with Gasteiger partial charge >= 0.3 is 5.97 Å². The van der Waals surface area contributed by atoms with Crippen LogP contribution >= 0.6 is 11.3 Å². The van der Waals surface area contributed by atoms with Crippen LogP contribution in [-0.2, 0) is 9.53 Å². The largest absolute Gasteiger partial charge is 0.469 e. The van der Waals surface area contributed by atoms with Crippen molar-refractivity contribution in [3.05, 3.63) is 40.8 Å². The molecule has 1 fully saturated rings. The fraction of sp³-hybridized carbons (Fsp3) is 0.429. The number of rotatable bonds is 4. The zero-order chi connectivity index (χ0) is 20.4. The Morgan fingerprint density at radius 3 is 2.83 bits per heavy atom. The van der Waals surface area contributed by atoms with Crippen LogP contribution in [0.2, 0.25) is 0 Å². The van der Waals surface area contributed by atoms with Crippen LogP contribution in [0.5, 0.6) is 0 Å². The molecule has 3 N–H and O–H groups in total. The number of esters is 1. The lowest BCUT2D eigenvalue weighted by molar-refractivity contribution is -0.141. The highest BCUT2D eigenvalue weighted by molar-refractivity contribution is 7.16. The van der Waals surface area contributed by atoms with Crippen molar-refractivity contribution in [2.45, 2.75) is 19.4 Å². The Morgan fingerprint density at radius 2 is 2.07 bits per heavy atom. The molecule has 1 aromatic heterocycles. The van der Waals surface area contributed by atoms with Crippen molar-refractivity contribution in [3.63, 3.8) is 0 Å². The topological polar surface area (TPSA) is 83.2 Å². The molecule has 2 aromatic rings. The number of methoxy groups -OCH3 is 1. The van der Waals surface area contributed by atoms with E-state index in [0.717, 1.165) is 48.4 Å². The number of aliphatic imine (C=N–C) groups is 1. The van der Waals surface area contributed by atoms with Crippen molar-refractivity contribution in [1.29, 1.82) is 0 Å². The number of carbonyl (C=O) groups is 1. The van der Waals surface area contributed by atoms with Gasteiger partial charge in [0.25, 0.3) is 0 Å². The summed E-state index contributed by atoms with van der Waals surface area (Å²) in [6.07, 6.45) is 0.253. The molecule has 29 heavy (non-hydrogen) atoms. The first-order valence-electron chi connectivity index (χ1n) is 9.88. The Hall–Kier alpha value is -2.42. The Balaban J connectivity index is 1.49. The smallest absolute Gasteiger partial charge is 0.307 e. The molecule has 1 atom stereocenters. The molecule has 4 rings (SSSR count). The van der Waals surface area contributed by atoms with Crippen LogP contribution in [0.3, 0.4) is 0 Å². The lowest BCUT2D eigenvalue weighted by atomic mass is 10.1. The number of aryl methyl sites for hydroxylation is 1. The summed E-state index contributed by atoms with van der Waals surface area (Å²) in [5.74, 6) is 0.774. The van der Waals surface area contributed by atoms with Crippen LogP contribution in [0.4, 0.5) is 16.4 Å². The van der Waals surface area contributed by atoms with Gasteiger partial charge in [-0.15, -0.1) is 11.3 Å². The Kier molecular flexibility index (Phi) is 5.84. The van der Waals surface area contributed by atoms with Crippen molar-refractivity contribution in [1.82, 2.24) is 9.80 Å². The van der Waals surface area contributed by atoms with Crippen LogP contribution in [0.25, 0.3) is 0 Å². The van der Waals surface area contributed by atoms with Gasteiger partial charge in [0.05, 0.1) is 30.5 Å². The van der Waals surface area contributed by atoms with Gasteiger partial charge in [0, 0.05) is 43.6 Å². The molecule has 154 valence electrons. The van der Waals surface area contributed by atoms with Crippen molar-refractivity contribution in [2.24, 2.45) is 10.7 Å². The van der Waals surface area contributed by atoms with E-state index in [1.54, 1.807) is 11.3 Å². The zero-order valence-corrected chi connectivity index (χ0v) is 17.7. The third-order valence-electron chi connectivity index (χ3n) is 5.30. The number of fused-ring (bicyclic) bond motifs is 2. The van der Waals surface area contributed by atoms with E-state index < -0.39 is 0 Å². The van der Waals surface area contributed by atoms with Crippen molar-refractivity contribution in [2.75, 3.05) is 45.2 Å². The van der Waals surface area contributed by atoms with E-state index in [2.05, 4.69) is 34.2 Å². The Bertz CT molecular complexity index is 918. The average molecular weight is 414 g/mol.